The molecule has 1 saturated heterocycles. The molecular formula is C24H31FIN3O3. The van der Waals surface area contributed by atoms with Crippen molar-refractivity contribution in [3.8, 4) is 11.5 Å². The highest BCUT2D eigenvalue weighted by atomic mass is 127. The molecule has 2 aromatic rings. The molecular weight excluding hydrogens is 524 g/mol. The van der Waals surface area contributed by atoms with Crippen LogP contribution in [0.25, 0.3) is 0 Å². The zero-order valence-electron chi connectivity index (χ0n) is 18.3. The van der Waals surface area contributed by atoms with Gasteiger partial charge < -0.3 is 24.8 Å². The Bertz CT molecular complexity index is 888. The van der Waals surface area contributed by atoms with Gasteiger partial charge in [0.05, 0.1) is 13.1 Å². The van der Waals surface area contributed by atoms with Crippen molar-refractivity contribution in [1.82, 2.24) is 10.6 Å². The van der Waals surface area contributed by atoms with Gasteiger partial charge in [-0.1, -0.05) is 24.3 Å². The zero-order chi connectivity index (χ0) is 21.5. The van der Waals surface area contributed by atoms with E-state index in [0.717, 1.165) is 42.4 Å². The summed E-state index contributed by atoms with van der Waals surface area (Å²) >= 11 is 0. The molecule has 1 fully saturated rings. The Labute approximate surface area is 206 Å². The number of hydrogen-bond acceptors (Lipinski definition) is 4. The molecule has 6 nitrogen and oxygen atoms in total. The monoisotopic (exact) mass is 555 g/mol. The molecule has 0 amide bonds. The van der Waals surface area contributed by atoms with E-state index in [1.54, 1.807) is 0 Å². The molecule has 32 heavy (non-hydrogen) atoms. The summed E-state index contributed by atoms with van der Waals surface area (Å²) in [6.07, 6.45) is 1.61. The maximum absolute atomic E-state index is 13.5. The van der Waals surface area contributed by atoms with E-state index in [-0.39, 0.29) is 41.3 Å². The minimum Gasteiger partial charge on any atom is -0.486 e. The molecule has 2 aliphatic heterocycles. The predicted molar refractivity (Wildman–Crippen MR) is 134 cm³/mol. The number of fused-ring (bicyclic) bond motifs is 1. The first-order valence-electron chi connectivity index (χ1n) is 10.9. The Morgan fingerprint density at radius 2 is 1.78 bits per heavy atom. The Morgan fingerprint density at radius 3 is 2.50 bits per heavy atom. The Hall–Kier alpha value is -2.07. The predicted octanol–water partition coefficient (Wildman–Crippen LogP) is 3.89. The lowest BCUT2D eigenvalue weighted by molar-refractivity contribution is 0.0530. The highest BCUT2D eigenvalue weighted by Crippen LogP contribution is 2.35. The number of ether oxygens (including phenoxy) is 3. The summed E-state index contributed by atoms with van der Waals surface area (Å²) in [6.45, 7) is 5.82. The molecule has 174 valence electrons. The molecule has 0 spiro atoms. The van der Waals surface area contributed by atoms with Gasteiger partial charge in [-0.2, -0.15) is 0 Å². The van der Waals surface area contributed by atoms with E-state index in [2.05, 4.69) is 10.6 Å². The van der Waals surface area contributed by atoms with Crippen molar-refractivity contribution >= 4 is 29.9 Å². The van der Waals surface area contributed by atoms with Gasteiger partial charge in [-0.05, 0) is 49.6 Å². The van der Waals surface area contributed by atoms with Crippen molar-refractivity contribution in [3.05, 3.63) is 59.9 Å². The van der Waals surface area contributed by atoms with Crippen molar-refractivity contribution in [1.29, 1.82) is 0 Å². The molecule has 2 aromatic carbocycles. The van der Waals surface area contributed by atoms with Gasteiger partial charge in [0.1, 0.15) is 18.5 Å². The Kier molecular flexibility index (Phi) is 8.98. The fourth-order valence-electron chi connectivity index (χ4n) is 4.05. The standard InChI is InChI=1S/C24H30FN3O3.HI/c1-2-26-23(27-15-20-16-30-21-5-3-4-6-22(21)31-20)28-17-24(11-13-29-14-12-24)18-7-9-19(25)10-8-18;/h3-10,20H,2,11-17H2,1H3,(H2,26,27,28);1H. The summed E-state index contributed by atoms with van der Waals surface area (Å²) in [7, 11) is 0. The number of nitrogens with one attached hydrogen (secondary N) is 2. The average molecular weight is 555 g/mol. The molecule has 0 bridgehead atoms. The third-order valence-corrected chi connectivity index (χ3v) is 5.86. The van der Waals surface area contributed by atoms with Gasteiger partial charge in [-0.25, -0.2) is 4.39 Å². The number of para-hydroxylation sites is 2. The summed E-state index contributed by atoms with van der Waals surface area (Å²) in [6, 6.07) is 14.5. The second kappa shape index (κ2) is 11.7. The summed E-state index contributed by atoms with van der Waals surface area (Å²) in [5.74, 6) is 2.05. The van der Waals surface area contributed by atoms with Gasteiger partial charge in [0.15, 0.2) is 17.5 Å². The molecule has 2 aliphatic rings. The average Bonchev–Trinajstić information content (AvgIpc) is 2.82. The number of guanidine groups is 1. The maximum atomic E-state index is 13.5. The van der Waals surface area contributed by atoms with Crippen LogP contribution >= 0.6 is 24.0 Å². The van der Waals surface area contributed by atoms with E-state index in [0.29, 0.717) is 32.9 Å². The smallest absolute Gasteiger partial charge is 0.191 e. The van der Waals surface area contributed by atoms with Crippen LogP contribution in [0.4, 0.5) is 4.39 Å². The van der Waals surface area contributed by atoms with Crippen LogP contribution < -0.4 is 20.1 Å². The molecule has 2 N–H and O–H groups in total. The summed E-state index contributed by atoms with van der Waals surface area (Å²) in [5, 5.41) is 6.69. The van der Waals surface area contributed by atoms with Crippen LogP contribution in [0.5, 0.6) is 11.5 Å². The van der Waals surface area contributed by atoms with Crippen molar-refractivity contribution in [2.24, 2.45) is 4.99 Å². The number of halogens is 2. The van der Waals surface area contributed by atoms with Gasteiger partial charge >= 0.3 is 0 Å². The third-order valence-electron chi connectivity index (χ3n) is 5.86. The fraction of sp³-hybridized carbons (Fsp3) is 0.458. The molecule has 2 heterocycles. The van der Waals surface area contributed by atoms with E-state index in [4.69, 9.17) is 19.2 Å². The number of hydrogen-bond donors (Lipinski definition) is 2. The van der Waals surface area contributed by atoms with Crippen molar-refractivity contribution in [3.63, 3.8) is 0 Å². The van der Waals surface area contributed by atoms with Crippen molar-refractivity contribution in [2.75, 3.05) is 39.5 Å². The van der Waals surface area contributed by atoms with Crippen LogP contribution in [0, 0.1) is 5.82 Å². The first-order valence-corrected chi connectivity index (χ1v) is 10.9. The molecule has 8 heteroatoms. The van der Waals surface area contributed by atoms with Crippen LogP contribution in [0.15, 0.2) is 53.5 Å². The SMILES string of the molecule is CCNC(=NCC1(c2ccc(F)cc2)CCOCC1)NCC1COc2ccccc2O1.I. The molecule has 1 unspecified atom stereocenters. The van der Waals surface area contributed by atoms with E-state index < -0.39 is 0 Å². The van der Waals surface area contributed by atoms with Crippen molar-refractivity contribution in [2.45, 2.75) is 31.3 Å². The Balaban J connectivity index is 0.00000289. The molecule has 0 aromatic heterocycles. The van der Waals surface area contributed by atoms with Crippen LogP contribution in [0.2, 0.25) is 0 Å². The second-order valence-corrected chi connectivity index (χ2v) is 7.97. The normalized spacial score (nSPS) is 19.6. The van der Waals surface area contributed by atoms with E-state index >= 15 is 0 Å². The summed E-state index contributed by atoms with van der Waals surface area (Å²) in [5.41, 5.74) is 0.954. The van der Waals surface area contributed by atoms with Gasteiger partial charge in [0, 0.05) is 25.2 Å². The number of aliphatic imine (C=N–C) groups is 1. The number of nitrogens with zero attached hydrogens (tertiary/aromatic N) is 1. The van der Waals surface area contributed by atoms with Crippen LogP contribution in [-0.4, -0.2) is 51.5 Å². The molecule has 0 aliphatic carbocycles. The van der Waals surface area contributed by atoms with Gasteiger partial charge in [0.2, 0.25) is 0 Å². The van der Waals surface area contributed by atoms with Crippen LogP contribution in [-0.2, 0) is 10.2 Å². The zero-order valence-corrected chi connectivity index (χ0v) is 20.6. The topological polar surface area (TPSA) is 64.1 Å². The Morgan fingerprint density at radius 1 is 1.06 bits per heavy atom. The van der Waals surface area contributed by atoms with E-state index in [1.165, 1.54) is 12.1 Å². The van der Waals surface area contributed by atoms with Crippen molar-refractivity contribution < 1.29 is 18.6 Å². The fourth-order valence-corrected chi connectivity index (χ4v) is 4.05. The van der Waals surface area contributed by atoms with Gasteiger partial charge in [0.25, 0.3) is 0 Å². The highest BCUT2D eigenvalue weighted by Gasteiger charge is 2.34. The lowest BCUT2D eigenvalue weighted by atomic mass is 9.74. The largest absolute Gasteiger partial charge is 0.486 e. The molecule has 0 radical (unpaired) electrons. The second-order valence-electron chi connectivity index (χ2n) is 7.97. The number of rotatable bonds is 6. The van der Waals surface area contributed by atoms with E-state index in [1.807, 2.05) is 43.3 Å². The summed E-state index contributed by atoms with van der Waals surface area (Å²) in [4.78, 5) is 4.89. The minimum atomic E-state index is -0.222. The van der Waals surface area contributed by atoms with Crippen LogP contribution in [0.3, 0.4) is 0 Å². The first kappa shape index (κ1) is 24.6. The van der Waals surface area contributed by atoms with Gasteiger partial charge in [-0.3, -0.25) is 4.99 Å². The lowest BCUT2D eigenvalue weighted by Crippen LogP contribution is -2.46. The maximum Gasteiger partial charge on any atom is 0.191 e. The molecule has 0 saturated carbocycles. The molecule has 4 rings (SSSR count). The van der Waals surface area contributed by atoms with Gasteiger partial charge in [-0.15, -0.1) is 24.0 Å². The minimum absolute atomic E-state index is 0. The summed E-state index contributed by atoms with van der Waals surface area (Å²) < 4.78 is 30.9. The first-order chi connectivity index (χ1) is 15.2. The third kappa shape index (κ3) is 6.04. The molecule has 1 atom stereocenters. The van der Waals surface area contributed by atoms with E-state index in [9.17, 15) is 4.39 Å². The lowest BCUT2D eigenvalue weighted by Gasteiger charge is -2.36. The number of benzene rings is 2. The highest BCUT2D eigenvalue weighted by molar-refractivity contribution is 14.0. The quantitative estimate of drug-likeness (QED) is 0.322. The van der Waals surface area contributed by atoms with Crippen LogP contribution in [0.1, 0.15) is 25.3 Å².